The van der Waals surface area contributed by atoms with E-state index in [4.69, 9.17) is 5.73 Å². The molecule has 0 aliphatic heterocycles. The summed E-state index contributed by atoms with van der Waals surface area (Å²) < 4.78 is 2.19. The fourth-order valence-electron chi connectivity index (χ4n) is 2.93. The van der Waals surface area contributed by atoms with Crippen LogP contribution in [0, 0.1) is 0 Å². The normalized spacial score (nSPS) is 11.1. The lowest BCUT2D eigenvalue weighted by Gasteiger charge is -2.07. The summed E-state index contributed by atoms with van der Waals surface area (Å²) >= 11 is 0. The first-order valence-electron chi connectivity index (χ1n) is 7.05. The van der Waals surface area contributed by atoms with Crippen LogP contribution in [0.3, 0.4) is 0 Å². The van der Waals surface area contributed by atoms with Crippen molar-refractivity contribution >= 4 is 33.3 Å². The number of rotatable bonds is 3. The number of aromatic nitrogens is 1. The molecule has 3 aromatic rings. The molecule has 0 radical (unpaired) electrons. The number of hydrogen-bond donors (Lipinski definition) is 1. The Morgan fingerprint density at radius 1 is 1.24 bits per heavy atom. The number of nitrogen functional groups attached to an aromatic ring is 1. The predicted octanol–water partition coefficient (Wildman–Crippen LogP) is 4.16. The van der Waals surface area contributed by atoms with Gasteiger partial charge in [0.25, 0.3) is 0 Å². The van der Waals surface area contributed by atoms with E-state index in [2.05, 4.69) is 30.2 Å². The smallest absolute Gasteiger partial charge is 0.188 e. The van der Waals surface area contributed by atoms with Crippen molar-refractivity contribution in [3.05, 3.63) is 54.1 Å². The summed E-state index contributed by atoms with van der Waals surface area (Å²) in [5.74, 6) is -0.0584. The Balaban J connectivity index is 2.45. The minimum absolute atomic E-state index is 0.0584. The van der Waals surface area contributed by atoms with Crippen molar-refractivity contribution in [3.63, 3.8) is 0 Å². The zero-order valence-corrected chi connectivity index (χ0v) is 12.3. The molecule has 0 bridgehead atoms. The van der Waals surface area contributed by atoms with E-state index in [-0.39, 0.29) is 5.78 Å². The third kappa shape index (κ3) is 1.93. The number of para-hydroxylation sites is 1. The second-order valence-electron chi connectivity index (χ2n) is 5.33. The van der Waals surface area contributed by atoms with E-state index in [1.807, 2.05) is 18.2 Å². The van der Waals surface area contributed by atoms with Crippen LogP contribution in [0.5, 0.6) is 0 Å². The second-order valence-corrected chi connectivity index (χ2v) is 5.33. The van der Waals surface area contributed by atoms with Crippen molar-refractivity contribution in [1.29, 1.82) is 0 Å². The summed E-state index contributed by atoms with van der Waals surface area (Å²) in [6, 6.07) is 11.9. The Bertz CT molecular complexity index is 887. The molecule has 0 unspecified atom stereocenters. The van der Waals surface area contributed by atoms with Gasteiger partial charge >= 0.3 is 0 Å². The SMILES string of the molecule is C=C(C)C(=O)c1cc(N)c2c(c1)c1ccccc1n2CC. The number of ketones is 1. The minimum atomic E-state index is -0.0584. The van der Waals surface area contributed by atoms with Crippen LogP contribution in [-0.4, -0.2) is 10.4 Å². The number of nitrogens with zero attached hydrogens (tertiary/aromatic N) is 1. The van der Waals surface area contributed by atoms with Crippen molar-refractivity contribution in [2.45, 2.75) is 20.4 Å². The molecule has 0 saturated heterocycles. The van der Waals surface area contributed by atoms with Crippen molar-refractivity contribution in [2.24, 2.45) is 0 Å². The van der Waals surface area contributed by atoms with E-state index in [0.29, 0.717) is 16.8 Å². The van der Waals surface area contributed by atoms with Crippen molar-refractivity contribution in [1.82, 2.24) is 4.57 Å². The highest BCUT2D eigenvalue weighted by atomic mass is 16.1. The molecule has 3 heteroatoms. The largest absolute Gasteiger partial charge is 0.397 e. The van der Waals surface area contributed by atoms with Crippen LogP contribution >= 0.6 is 0 Å². The zero-order chi connectivity index (χ0) is 15.1. The molecule has 0 saturated carbocycles. The maximum Gasteiger partial charge on any atom is 0.188 e. The summed E-state index contributed by atoms with van der Waals surface area (Å²) in [7, 11) is 0. The molecule has 0 aliphatic carbocycles. The molecule has 0 spiro atoms. The van der Waals surface area contributed by atoms with Gasteiger partial charge in [0.05, 0.1) is 11.2 Å². The van der Waals surface area contributed by atoms with Gasteiger partial charge in [-0.05, 0) is 37.6 Å². The molecule has 106 valence electrons. The number of aryl methyl sites for hydroxylation is 1. The molecule has 3 rings (SSSR count). The molecule has 0 atom stereocenters. The zero-order valence-electron chi connectivity index (χ0n) is 12.3. The molecule has 21 heavy (non-hydrogen) atoms. The van der Waals surface area contributed by atoms with Crippen LogP contribution in [0.25, 0.3) is 21.8 Å². The Hall–Kier alpha value is -2.55. The predicted molar refractivity (Wildman–Crippen MR) is 88.7 cm³/mol. The molecule has 1 aromatic heterocycles. The molecule has 3 nitrogen and oxygen atoms in total. The highest BCUT2D eigenvalue weighted by Gasteiger charge is 2.15. The molecule has 0 fully saturated rings. The average molecular weight is 278 g/mol. The Morgan fingerprint density at radius 2 is 1.95 bits per heavy atom. The summed E-state index contributed by atoms with van der Waals surface area (Å²) in [5.41, 5.74) is 10.1. The first kappa shape index (κ1) is 13.4. The molecular formula is C18H18N2O. The van der Waals surface area contributed by atoms with Crippen molar-refractivity contribution in [3.8, 4) is 0 Å². The lowest BCUT2D eigenvalue weighted by atomic mass is 10.0. The van der Waals surface area contributed by atoms with Crippen LogP contribution in [0.1, 0.15) is 24.2 Å². The third-order valence-corrected chi connectivity index (χ3v) is 3.86. The molecule has 0 amide bonds. The van der Waals surface area contributed by atoms with Crippen molar-refractivity contribution < 1.29 is 4.79 Å². The topological polar surface area (TPSA) is 48.0 Å². The molecule has 2 N–H and O–H groups in total. The lowest BCUT2D eigenvalue weighted by molar-refractivity contribution is 0.103. The van der Waals surface area contributed by atoms with Gasteiger partial charge in [0.2, 0.25) is 0 Å². The van der Waals surface area contributed by atoms with Gasteiger partial charge in [-0.15, -0.1) is 0 Å². The van der Waals surface area contributed by atoms with E-state index in [9.17, 15) is 4.79 Å². The van der Waals surface area contributed by atoms with Gasteiger partial charge in [-0.25, -0.2) is 0 Å². The maximum absolute atomic E-state index is 12.2. The van der Waals surface area contributed by atoms with Gasteiger partial charge < -0.3 is 10.3 Å². The number of carbonyl (C=O) groups excluding carboxylic acids is 1. The molecule has 0 aliphatic rings. The van der Waals surface area contributed by atoms with Crippen LogP contribution in [0.2, 0.25) is 0 Å². The Labute approximate surface area is 123 Å². The monoisotopic (exact) mass is 278 g/mol. The average Bonchev–Trinajstić information content (AvgIpc) is 2.80. The lowest BCUT2D eigenvalue weighted by Crippen LogP contribution is -2.02. The van der Waals surface area contributed by atoms with Gasteiger partial charge in [-0.3, -0.25) is 4.79 Å². The Morgan fingerprint density at radius 3 is 2.62 bits per heavy atom. The van der Waals surface area contributed by atoms with E-state index in [1.165, 1.54) is 0 Å². The second kappa shape index (κ2) is 4.77. The number of nitrogens with two attached hydrogens (primary N) is 1. The number of benzene rings is 2. The van der Waals surface area contributed by atoms with Gasteiger partial charge in [0, 0.05) is 28.4 Å². The number of hydrogen-bond acceptors (Lipinski definition) is 2. The van der Waals surface area contributed by atoms with Crippen LogP contribution < -0.4 is 5.73 Å². The number of Topliss-reactive ketones (excluding diaryl/α,β-unsaturated/α-hetero) is 1. The van der Waals surface area contributed by atoms with Crippen molar-refractivity contribution in [2.75, 3.05) is 5.73 Å². The van der Waals surface area contributed by atoms with E-state index in [1.54, 1.807) is 13.0 Å². The first-order chi connectivity index (χ1) is 10.0. The van der Waals surface area contributed by atoms with Crippen LogP contribution in [0.4, 0.5) is 5.69 Å². The fraction of sp³-hybridized carbons (Fsp3) is 0.167. The number of allylic oxidation sites excluding steroid dienone is 1. The number of carbonyl (C=O) groups is 1. The summed E-state index contributed by atoms with van der Waals surface area (Å²) in [6.45, 7) is 8.38. The van der Waals surface area contributed by atoms with E-state index >= 15 is 0 Å². The number of anilines is 1. The van der Waals surface area contributed by atoms with Crippen LogP contribution in [-0.2, 0) is 6.54 Å². The third-order valence-electron chi connectivity index (χ3n) is 3.86. The Kier molecular flexibility index (Phi) is 3.05. The summed E-state index contributed by atoms with van der Waals surface area (Å²) in [6.07, 6.45) is 0. The van der Waals surface area contributed by atoms with Crippen LogP contribution in [0.15, 0.2) is 48.6 Å². The quantitative estimate of drug-likeness (QED) is 0.444. The van der Waals surface area contributed by atoms with Gasteiger partial charge in [-0.1, -0.05) is 24.8 Å². The van der Waals surface area contributed by atoms with Gasteiger partial charge in [-0.2, -0.15) is 0 Å². The maximum atomic E-state index is 12.2. The first-order valence-corrected chi connectivity index (χ1v) is 7.05. The van der Waals surface area contributed by atoms with Gasteiger partial charge in [0.1, 0.15) is 0 Å². The standard InChI is InChI=1S/C18H18N2O/c1-4-20-16-8-6-5-7-13(16)14-9-12(18(21)11(2)3)10-15(19)17(14)20/h5-10H,2,4,19H2,1,3H3. The summed E-state index contributed by atoms with van der Waals surface area (Å²) in [4.78, 5) is 12.2. The van der Waals surface area contributed by atoms with E-state index < -0.39 is 0 Å². The van der Waals surface area contributed by atoms with E-state index in [0.717, 1.165) is 28.4 Å². The molecular weight excluding hydrogens is 260 g/mol. The highest BCUT2D eigenvalue weighted by molar-refractivity contribution is 6.17. The molecule has 1 heterocycles. The summed E-state index contributed by atoms with van der Waals surface area (Å²) in [5, 5.41) is 2.15. The molecule has 2 aromatic carbocycles. The number of fused-ring (bicyclic) bond motifs is 3. The van der Waals surface area contributed by atoms with Gasteiger partial charge in [0.15, 0.2) is 5.78 Å². The minimum Gasteiger partial charge on any atom is -0.397 e. The highest BCUT2D eigenvalue weighted by Crippen LogP contribution is 2.34. The fourth-order valence-corrected chi connectivity index (χ4v) is 2.93.